The van der Waals surface area contributed by atoms with E-state index >= 15 is 0 Å². The summed E-state index contributed by atoms with van der Waals surface area (Å²) < 4.78 is 31.4. The van der Waals surface area contributed by atoms with Crippen molar-refractivity contribution in [1.82, 2.24) is 0 Å². The fraction of sp³-hybridized carbons (Fsp3) is 0.355. The third-order valence-electron chi connectivity index (χ3n) is 6.41. The molecular formula is C31H36O6. The Morgan fingerprint density at radius 2 is 1.16 bits per heavy atom. The van der Waals surface area contributed by atoms with Crippen molar-refractivity contribution < 1.29 is 28.8 Å². The Labute approximate surface area is 219 Å². The average molecular weight is 505 g/mol. The molecule has 0 bridgehead atoms. The summed E-state index contributed by atoms with van der Waals surface area (Å²) in [6.45, 7) is 4.82. The summed E-state index contributed by atoms with van der Waals surface area (Å²) in [6.07, 6.45) is -2.10. The van der Waals surface area contributed by atoms with Gasteiger partial charge in [0.05, 0.1) is 25.9 Å². The maximum atomic E-state index is 11.0. The molecule has 37 heavy (non-hydrogen) atoms. The number of hydrogen-bond donors (Lipinski definition) is 1. The van der Waals surface area contributed by atoms with Crippen LogP contribution in [-0.4, -0.2) is 49.0 Å². The fourth-order valence-electron chi connectivity index (χ4n) is 4.50. The molecule has 1 heterocycles. The molecule has 1 aliphatic heterocycles. The maximum absolute atomic E-state index is 11.0. The molecule has 0 amide bonds. The molecule has 3 aromatic rings. The van der Waals surface area contributed by atoms with Crippen LogP contribution in [0, 0.1) is 0 Å². The van der Waals surface area contributed by atoms with E-state index in [1.165, 1.54) is 0 Å². The summed E-state index contributed by atoms with van der Waals surface area (Å²) in [4.78, 5) is 0. The van der Waals surface area contributed by atoms with Crippen molar-refractivity contribution in [3.8, 4) is 0 Å². The highest BCUT2D eigenvalue weighted by atomic mass is 16.7. The predicted octanol–water partition coefficient (Wildman–Crippen LogP) is 5.05. The number of ether oxygens (including phenoxy) is 5. The van der Waals surface area contributed by atoms with E-state index in [-0.39, 0.29) is 0 Å². The molecule has 0 radical (unpaired) electrons. The normalized spacial score (nSPS) is 24.4. The standard InChI is InChI=1S/C31H36O6/c1-3-13-26(32)27-28(34-20-23-14-7-4-8-15-23)29(35-21-24-16-9-5-10-17-24)30(31(33-2)37-27)36-22-25-18-11-6-12-19-25/h3-12,14-19,26-32H,1,13,20-22H2,2H3/t26-,27-,28-,29+,30-,31+/m1/s1. The van der Waals surface area contributed by atoms with Crippen molar-refractivity contribution in [3.63, 3.8) is 0 Å². The summed E-state index contributed by atoms with van der Waals surface area (Å²) >= 11 is 0. The second kappa shape index (κ2) is 14.2. The van der Waals surface area contributed by atoms with Crippen LogP contribution in [0.15, 0.2) is 104 Å². The first kappa shape index (κ1) is 27.2. The largest absolute Gasteiger partial charge is 0.390 e. The van der Waals surface area contributed by atoms with Crippen molar-refractivity contribution in [2.45, 2.75) is 63.1 Å². The summed E-state index contributed by atoms with van der Waals surface area (Å²) in [6, 6.07) is 29.8. The van der Waals surface area contributed by atoms with Crippen LogP contribution < -0.4 is 0 Å². The van der Waals surface area contributed by atoms with Gasteiger partial charge in [0.25, 0.3) is 0 Å². The van der Waals surface area contributed by atoms with E-state index in [2.05, 4.69) is 6.58 Å². The maximum Gasteiger partial charge on any atom is 0.186 e. The molecule has 1 saturated heterocycles. The quantitative estimate of drug-likeness (QED) is 0.329. The van der Waals surface area contributed by atoms with Crippen LogP contribution in [0.1, 0.15) is 23.1 Å². The Kier molecular flexibility index (Phi) is 10.4. The smallest absolute Gasteiger partial charge is 0.186 e. The van der Waals surface area contributed by atoms with Crippen LogP contribution >= 0.6 is 0 Å². The Morgan fingerprint density at radius 3 is 1.59 bits per heavy atom. The molecule has 0 aromatic heterocycles. The SMILES string of the molecule is C=CC[C@@H](O)[C@H]1O[C@H](OC)[C@H](OCc2ccccc2)[C@@H](OCc2ccccc2)[C@@H]1OCc1ccccc1. The first-order valence-corrected chi connectivity index (χ1v) is 12.6. The topological polar surface area (TPSA) is 66.4 Å². The average Bonchev–Trinajstić information content (AvgIpc) is 2.95. The van der Waals surface area contributed by atoms with Crippen LogP contribution in [0.25, 0.3) is 0 Å². The zero-order valence-electron chi connectivity index (χ0n) is 21.2. The Balaban J connectivity index is 1.62. The van der Waals surface area contributed by atoms with Crippen molar-refractivity contribution in [2.75, 3.05) is 7.11 Å². The van der Waals surface area contributed by atoms with E-state index < -0.39 is 36.8 Å². The van der Waals surface area contributed by atoms with Gasteiger partial charge in [-0.15, -0.1) is 6.58 Å². The molecule has 0 unspecified atom stereocenters. The van der Waals surface area contributed by atoms with Gasteiger partial charge in [-0.1, -0.05) is 97.1 Å². The van der Waals surface area contributed by atoms with Gasteiger partial charge in [0, 0.05) is 7.11 Å². The first-order valence-electron chi connectivity index (χ1n) is 12.6. The molecule has 0 spiro atoms. The number of hydrogen-bond acceptors (Lipinski definition) is 6. The summed E-state index contributed by atoms with van der Waals surface area (Å²) in [5, 5.41) is 11.0. The van der Waals surface area contributed by atoms with Crippen LogP contribution in [0.5, 0.6) is 0 Å². The molecule has 6 heteroatoms. The zero-order valence-corrected chi connectivity index (χ0v) is 21.2. The lowest BCUT2D eigenvalue weighted by Crippen LogP contribution is -2.63. The van der Waals surface area contributed by atoms with E-state index in [1.54, 1.807) is 13.2 Å². The highest BCUT2D eigenvalue weighted by molar-refractivity contribution is 5.16. The third kappa shape index (κ3) is 7.58. The number of rotatable bonds is 13. The molecule has 3 aromatic carbocycles. The van der Waals surface area contributed by atoms with Gasteiger partial charge < -0.3 is 28.8 Å². The molecule has 0 saturated carbocycles. The van der Waals surface area contributed by atoms with Gasteiger partial charge in [-0.2, -0.15) is 0 Å². The third-order valence-corrected chi connectivity index (χ3v) is 6.41. The van der Waals surface area contributed by atoms with E-state index in [1.807, 2.05) is 91.0 Å². The predicted molar refractivity (Wildman–Crippen MR) is 142 cm³/mol. The second-order valence-electron chi connectivity index (χ2n) is 9.08. The van der Waals surface area contributed by atoms with E-state index in [0.29, 0.717) is 26.2 Å². The minimum Gasteiger partial charge on any atom is -0.390 e. The molecule has 1 N–H and O–H groups in total. The lowest BCUT2D eigenvalue weighted by Gasteiger charge is -2.46. The van der Waals surface area contributed by atoms with Gasteiger partial charge in [-0.05, 0) is 23.1 Å². The van der Waals surface area contributed by atoms with Crippen molar-refractivity contribution in [1.29, 1.82) is 0 Å². The van der Waals surface area contributed by atoms with Crippen molar-refractivity contribution in [2.24, 2.45) is 0 Å². The number of benzene rings is 3. The lowest BCUT2D eigenvalue weighted by atomic mass is 9.93. The highest BCUT2D eigenvalue weighted by Gasteiger charge is 2.50. The van der Waals surface area contributed by atoms with Gasteiger partial charge in [-0.25, -0.2) is 0 Å². The van der Waals surface area contributed by atoms with Gasteiger partial charge in [-0.3, -0.25) is 0 Å². The molecule has 4 rings (SSSR count). The monoisotopic (exact) mass is 504 g/mol. The molecule has 196 valence electrons. The van der Waals surface area contributed by atoms with Crippen molar-refractivity contribution >= 4 is 0 Å². The van der Waals surface area contributed by atoms with E-state index in [4.69, 9.17) is 23.7 Å². The molecule has 1 fully saturated rings. The molecule has 6 atom stereocenters. The Morgan fingerprint density at radius 1 is 0.730 bits per heavy atom. The van der Waals surface area contributed by atoms with Gasteiger partial charge >= 0.3 is 0 Å². The van der Waals surface area contributed by atoms with Crippen LogP contribution in [0.4, 0.5) is 0 Å². The van der Waals surface area contributed by atoms with Crippen LogP contribution in [-0.2, 0) is 43.5 Å². The fourth-order valence-corrected chi connectivity index (χ4v) is 4.50. The lowest BCUT2D eigenvalue weighted by molar-refractivity contribution is -0.329. The zero-order chi connectivity index (χ0) is 25.9. The second-order valence-corrected chi connectivity index (χ2v) is 9.08. The number of methoxy groups -OCH3 is 1. The minimum absolute atomic E-state index is 0.334. The Bertz CT molecular complexity index is 1050. The summed E-state index contributed by atoms with van der Waals surface area (Å²) in [5.41, 5.74) is 3.06. The minimum atomic E-state index is -0.853. The van der Waals surface area contributed by atoms with Crippen LogP contribution in [0.3, 0.4) is 0 Å². The molecule has 1 aliphatic rings. The first-order chi connectivity index (χ1) is 18.2. The van der Waals surface area contributed by atoms with Crippen molar-refractivity contribution in [3.05, 3.63) is 120 Å². The number of aliphatic hydroxyl groups excluding tert-OH is 1. The molecule has 6 nitrogen and oxygen atoms in total. The summed E-state index contributed by atoms with van der Waals surface area (Å²) in [7, 11) is 1.57. The summed E-state index contributed by atoms with van der Waals surface area (Å²) in [5.74, 6) is 0. The molecule has 0 aliphatic carbocycles. The van der Waals surface area contributed by atoms with Gasteiger partial charge in [0.15, 0.2) is 6.29 Å². The Hall–Kier alpha value is -2.84. The van der Waals surface area contributed by atoms with Crippen LogP contribution in [0.2, 0.25) is 0 Å². The van der Waals surface area contributed by atoms with Gasteiger partial charge in [0.2, 0.25) is 0 Å². The highest BCUT2D eigenvalue weighted by Crippen LogP contribution is 2.33. The number of aliphatic hydroxyl groups is 1. The van der Waals surface area contributed by atoms with Gasteiger partial charge in [0.1, 0.15) is 24.4 Å². The van der Waals surface area contributed by atoms with E-state index in [0.717, 1.165) is 16.7 Å². The van der Waals surface area contributed by atoms with E-state index in [9.17, 15) is 5.11 Å². The molecular weight excluding hydrogens is 468 g/mol.